The van der Waals surface area contributed by atoms with Crippen LogP contribution in [0.1, 0.15) is 41.5 Å². The Labute approximate surface area is 98.6 Å². The smallest absolute Gasteiger partial charge is 0.323 e. The summed E-state index contributed by atoms with van der Waals surface area (Å²) in [5, 5.41) is 2.52. The van der Waals surface area contributed by atoms with Gasteiger partial charge in [-0.05, 0) is 20.8 Å². The van der Waals surface area contributed by atoms with Crippen molar-refractivity contribution in [3.05, 3.63) is 0 Å². The Morgan fingerprint density at radius 2 is 1.69 bits per heavy atom. The van der Waals surface area contributed by atoms with E-state index in [4.69, 9.17) is 4.74 Å². The molecule has 4 nitrogen and oxygen atoms in total. The number of carbonyl (C=O) groups is 1. The standard InChI is InChI=1S/C11H24NO3P/c1-8(2)15-10(13)9(3)12-16(7,14)11(4,5)6/h8-9H,1-7H3,(H,12,14)/t9-,16?/m0/s1. The van der Waals surface area contributed by atoms with E-state index in [2.05, 4.69) is 5.09 Å². The molecule has 0 rings (SSSR count). The van der Waals surface area contributed by atoms with Crippen molar-refractivity contribution < 1.29 is 14.1 Å². The maximum atomic E-state index is 12.3. The molecule has 0 saturated heterocycles. The highest BCUT2D eigenvalue weighted by Gasteiger charge is 2.34. The zero-order valence-electron chi connectivity index (χ0n) is 11.3. The average Bonchev–Trinajstić information content (AvgIpc) is 1.99. The van der Waals surface area contributed by atoms with Gasteiger partial charge < -0.3 is 9.30 Å². The van der Waals surface area contributed by atoms with Crippen LogP contribution in [0.5, 0.6) is 0 Å². The molecule has 16 heavy (non-hydrogen) atoms. The number of esters is 1. The van der Waals surface area contributed by atoms with Gasteiger partial charge in [0.25, 0.3) is 0 Å². The first-order valence-corrected chi connectivity index (χ1v) is 7.68. The Morgan fingerprint density at radius 3 is 2.00 bits per heavy atom. The van der Waals surface area contributed by atoms with E-state index in [1.54, 1.807) is 27.4 Å². The normalized spacial score (nSPS) is 18.0. The topological polar surface area (TPSA) is 55.4 Å². The van der Waals surface area contributed by atoms with Gasteiger partial charge in [-0.25, -0.2) is 0 Å². The van der Waals surface area contributed by atoms with Crippen LogP contribution in [-0.2, 0) is 14.1 Å². The fraction of sp³-hybridized carbons (Fsp3) is 0.909. The third-order valence-corrected chi connectivity index (χ3v) is 5.87. The second-order valence-electron chi connectivity index (χ2n) is 5.43. The van der Waals surface area contributed by atoms with Crippen LogP contribution in [0.25, 0.3) is 0 Å². The molecule has 0 radical (unpaired) electrons. The van der Waals surface area contributed by atoms with E-state index in [0.29, 0.717) is 0 Å². The predicted molar refractivity (Wildman–Crippen MR) is 67.1 cm³/mol. The van der Waals surface area contributed by atoms with Gasteiger partial charge in [0, 0.05) is 11.8 Å². The number of hydrogen-bond donors (Lipinski definition) is 1. The number of ether oxygens (including phenoxy) is 1. The maximum absolute atomic E-state index is 12.3. The second kappa shape index (κ2) is 5.33. The Balaban J connectivity index is 4.52. The second-order valence-corrected chi connectivity index (χ2v) is 8.88. The van der Waals surface area contributed by atoms with Gasteiger partial charge in [0.2, 0.25) is 0 Å². The van der Waals surface area contributed by atoms with E-state index in [0.717, 1.165) is 0 Å². The van der Waals surface area contributed by atoms with Crippen LogP contribution < -0.4 is 5.09 Å². The van der Waals surface area contributed by atoms with Crippen LogP contribution in [0.15, 0.2) is 0 Å². The van der Waals surface area contributed by atoms with Crippen molar-refractivity contribution in [3.63, 3.8) is 0 Å². The third-order valence-electron chi connectivity index (χ3n) is 2.43. The Morgan fingerprint density at radius 1 is 1.25 bits per heavy atom. The summed E-state index contributed by atoms with van der Waals surface area (Å²) < 4.78 is 17.4. The van der Waals surface area contributed by atoms with Crippen LogP contribution >= 0.6 is 7.29 Å². The Bertz CT molecular complexity index is 294. The van der Waals surface area contributed by atoms with E-state index in [1.807, 2.05) is 20.8 Å². The van der Waals surface area contributed by atoms with Crippen molar-refractivity contribution in [1.29, 1.82) is 0 Å². The molecule has 0 aromatic rings. The van der Waals surface area contributed by atoms with Crippen LogP contribution in [0.2, 0.25) is 0 Å². The van der Waals surface area contributed by atoms with Crippen LogP contribution in [0.3, 0.4) is 0 Å². The summed E-state index contributed by atoms with van der Waals surface area (Å²) in [5.41, 5.74) is 0. The molecule has 0 fully saturated rings. The molecule has 0 heterocycles. The molecule has 96 valence electrons. The zero-order chi connectivity index (χ0) is 13.1. The summed E-state index contributed by atoms with van der Waals surface area (Å²) in [7, 11) is -2.58. The quantitative estimate of drug-likeness (QED) is 0.614. The summed E-state index contributed by atoms with van der Waals surface area (Å²) in [4.78, 5) is 11.6. The molecule has 0 aliphatic carbocycles. The average molecular weight is 249 g/mol. The maximum Gasteiger partial charge on any atom is 0.323 e. The fourth-order valence-electron chi connectivity index (χ4n) is 0.950. The van der Waals surface area contributed by atoms with E-state index < -0.39 is 13.3 Å². The molecule has 0 spiro atoms. The van der Waals surface area contributed by atoms with Gasteiger partial charge in [0.15, 0.2) is 7.29 Å². The molecule has 0 aliphatic rings. The summed E-state index contributed by atoms with van der Waals surface area (Å²) in [5.74, 6) is -0.360. The van der Waals surface area contributed by atoms with Crippen molar-refractivity contribution in [2.75, 3.05) is 6.66 Å². The number of hydrogen-bond acceptors (Lipinski definition) is 3. The third kappa shape index (κ3) is 4.67. The van der Waals surface area contributed by atoms with Crippen molar-refractivity contribution in [1.82, 2.24) is 5.09 Å². The lowest BCUT2D eigenvalue weighted by atomic mass is 10.3. The van der Waals surface area contributed by atoms with E-state index in [1.165, 1.54) is 0 Å². The monoisotopic (exact) mass is 249 g/mol. The van der Waals surface area contributed by atoms with Gasteiger partial charge in [0.05, 0.1) is 6.10 Å². The van der Waals surface area contributed by atoms with Gasteiger partial charge in [-0.2, -0.15) is 0 Å². The van der Waals surface area contributed by atoms with Gasteiger partial charge >= 0.3 is 5.97 Å². The minimum atomic E-state index is -2.58. The lowest BCUT2D eigenvalue weighted by Crippen LogP contribution is -2.38. The first-order chi connectivity index (χ1) is 6.97. The molecule has 5 heteroatoms. The molecule has 2 atom stereocenters. The SMILES string of the molecule is CC(C)OC(=O)[C@H](C)NP(C)(=O)C(C)(C)C. The minimum absolute atomic E-state index is 0.150. The van der Waals surface area contributed by atoms with E-state index >= 15 is 0 Å². The molecule has 0 aliphatic heterocycles. The summed E-state index contributed by atoms with van der Waals surface area (Å²) in [6.45, 7) is 12.6. The highest BCUT2D eigenvalue weighted by molar-refractivity contribution is 7.62. The van der Waals surface area contributed by atoms with Crippen LogP contribution in [0.4, 0.5) is 0 Å². The van der Waals surface area contributed by atoms with Crippen molar-refractivity contribution in [3.8, 4) is 0 Å². The van der Waals surface area contributed by atoms with Gasteiger partial charge in [-0.1, -0.05) is 20.8 Å². The van der Waals surface area contributed by atoms with Crippen molar-refractivity contribution in [2.45, 2.75) is 58.8 Å². The molecule has 1 N–H and O–H groups in total. The van der Waals surface area contributed by atoms with Crippen molar-refractivity contribution >= 4 is 13.3 Å². The minimum Gasteiger partial charge on any atom is -0.462 e. The van der Waals surface area contributed by atoms with Gasteiger partial charge in [-0.3, -0.25) is 9.88 Å². The molecule has 0 saturated carbocycles. The fourth-order valence-corrected chi connectivity index (χ4v) is 2.18. The van der Waals surface area contributed by atoms with Crippen molar-refractivity contribution in [2.24, 2.45) is 0 Å². The highest BCUT2D eigenvalue weighted by Crippen LogP contribution is 2.50. The number of nitrogens with one attached hydrogen (secondary N) is 1. The number of rotatable bonds is 4. The largest absolute Gasteiger partial charge is 0.462 e. The zero-order valence-corrected chi connectivity index (χ0v) is 12.2. The molecule has 0 amide bonds. The number of carbonyl (C=O) groups excluding carboxylic acids is 1. The molecule has 0 aromatic heterocycles. The van der Waals surface area contributed by atoms with Crippen LogP contribution in [0, 0.1) is 0 Å². The van der Waals surface area contributed by atoms with E-state index in [9.17, 15) is 9.36 Å². The Kier molecular flexibility index (Phi) is 5.21. The summed E-state index contributed by atoms with van der Waals surface area (Å²) in [6, 6.07) is -0.544. The lowest BCUT2D eigenvalue weighted by molar-refractivity contribution is -0.148. The molecule has 0 aromatic carbocycles. The van der Waals surface area contributed by atoms with Gasteiger partial charge in [-0.15, -0.1) is 0 Å². The summed E-state index contributed by atoms with van der Waals surface area (Å²) >= 11 is 0. The highest BCUT2D eigenvalue weighted by atomic mass is 31.2. The lowest BCUT2D eigenvalue weighted by Gasteiger charge is -2.30. The van der Waals surface area contributed by atoms with Crippen LogP contribution in [-0.4, -0.2) is 29.9 Å². The molecule has 0 bridgehead atoms. The first-order valence-electron chi connectivity index (χ1n) is 5.53. The van der Waals surface area contributed by atoms with E-state index in [-0.39, 0.29) is 17.2 Å². The molecule has 1 unspecified atom stereocenters. The Hall–Kier alpha value is -0.340. The molecular weight excluding hydrogens is 225 g/mol. The summed E-state index contributed by atoms with van der Waals surface area (Å²) in [6.07, 6.45) is -0.150. The van der Waals surface area contributed by atoms with Gasteiger partial charge in [0.1, 0.15) is 6.04 Å². The first kappa shape index (κ1) is 15.7. The molecular formula is C11H24NO3P. The predicted octanol–water partition coefficient (Wildman–Crippen LogP) is 2.62.